The van der Waals surface area contributed by atoms with E-state index >= 15 is 0 Å². The van der Waals surface area contributed by atoms with Crippen LogP contribution in [-0.2, 0) is 0 Å². The lowest BCUT2D eigenvalue weighted by molar-refractivity contribution is 0.0841. The third-order valence-corrected chi connectivity index (χ3v) is 7.34. The molecule has 1 aromatic heterocycles. The van der Waals surface area contributed by atoms with Crippen molar-refractivity contribution in [2.24, 2.45) is 0 Å². The zero-order chi connectivity index (χ0) is 26.8. The van der Waals surface area contributed by atoms with Crippen LogP contribution < -0.4 is 4.90 Å². The van der Waals surface area contributed by atoms with Crippen molar-refractivity contribution in [1.82, 2.24) is 15.0 Å². The molecule has 2 aromatic carbocycles. The van der Waals surface area contributed by atoms with Gasteiger partial charge in [0.1, 0.15) is 17.5 Å². The average Bonchev–Trinajstić information content (AvgIpc) is 3.36. The first-order valence-corrected chi connectivity index (χ1v) is 12.8. The molecule has 2 aliphatic heterocycles. The van der Waals surface area contributed by atoms with Crippen molar-refractivity contribution in [3.8, 4) is 17.3 Å². The minimum absolute atomic E-state index is 0.0281. The summed E-state index contributed by atoms with van der Waals surface area (Å²) in [6, 6.07) is 17.9. The van der Waals surface area contributed by atoms with E-state index in [1.165, 1.54) is 0 Å². The molecule has 7 heteroatoms. The standard InChI is InChI=1S/C31H31N5O2/c1-5-9-26-28(6-2)34(4)31(37)25-11-8-7-10-24(25)30(26)36-16-14-35(15-17-36)29-13-12-22(19-23(29)20-32)27-18-21(3)38-33-27/h5-13,18-19,30H,2,14-17H2,1,3-4H3/b9-5-. The molecule has 3 heterocycles. The highest BCUT2D eigenvalue weighted by Crippen LogP contribution is 2.39. The SMILES string of the molecule is C=CC1=C(/C=C\C)C(N2CCN(c3ccc(-c4cc(C)on4)cc3C#N)CC2)c2ccccc2C(=O)N1C. The van der Waals surface area contributed by atoms with Gasteiger partial charge in [-0.25, -0.2) is 0 Å². The number of allylic oxidation sites excluding steroid dienone is 2. The summed E-state index contributed by atoms with van der Waals surface area (Å²) >= 11 is 0. The molecule has 3 aromatic rings. The maximum Gasteiger partial charge on any atom is 0.258 e. The van der Waals surface area contributed by atoms with Gasteiger partial charge in [0.25, 0.3) is 5.91 Å². The molecule has 1 amide bonds. The van der Waals surface area contributed by atoms with Gasteiger partial charge < -0.3 is 14.3 Å². The maximum atomic E-state index is 13.4. The molecule has 0 saturated carbocycles. The van der Waals surface area contributed by atoms with Gasteiger partial charge in [-0.05, 0) is 49.3 Å². The number of likely N-dealkylation sites (N-methyl/N-ethyl adjacent to an activating group) is 1. The fraction of sp³-hybridized carbons (Fsp3) is 0.258. The predicted octanol–water partition coefficient (Wildman–Crippen LogP) is 5.49. The first kappa shape index (κ1) is 25.2. The van der Waals surface area contributed by atoms with Crippen molar-refractivity contribution < 1.29 is 9.32 Å². The van der Waals surface area contributed by atoms with Crippen LogP contribution in [-0.4, -0.2) is 54.1 Å². The quantitative estimate of drug-likeness (QED) is 0.457. The van der Waals surface area contributed by atoms with E-state index in [4.69, 9.17) is 4.52 Å². The number of hydrogen-bond donors (Lipinski definition) is 0. The number of nitriles is 1. The summed E-state index contributed by atoms with van der Waals surface area (Å²) in [5, 5.41) is 14.0. The molecule has 0 N–H and O–H groups in total. The Morgan fingerprint density at radius 2 is 1.89 bits per heavy atom. The van der Waals surface area contributed by atoms with Gasteiger partial charge in [0.15, 0.2) is 0 Å². The average molecular weight is 506 g/mol. The normalized spacial score (nSPS) is 18.5. The number of piperazine rings is 1. The molecule has 38 heavy (non-hydrogen) atoms. The van der Waals surface area contributed by atoms with Crippen LogP contribution in [0.15, 0.2) is 89.1 Å². The minimum Gasteiger partial charge on any atom is -0.368 e. The van der Waals surface area contributed by atoms with Gasteiger partial charge in [-0.1, -0.05) is 48.2 Å². The molecule has 0 aliphatic carbocycles. The van der Waals surface area contributed by atoms with Crippen molar-refractivity contribution >= 4 is 11.6 Å². The summed E-state index contributed by atoms with van der Waals surface area (Å²) in [4.78, 5) is 19.8. The molecule has 1 saturated heterocycles. The van der Waals surface area contributed by atoms with Crippen LogP contribution in [0.1, 0.15) is 40.2 Å². The summed E-state index contributed by atoms with van der Waals surface area (Å²) < 4.78 is 5.21. The van der Waals surface area contributed by atoms with Gasteiger partial charge in [0, 0.05) is 56.1 Å². The second-order valence-electron chi connectivity index (χ2n) is 9.59. The van der Waals surface area contributed by atoms with Gasteiger partial charge in [0.05, 0.1) is 17.3 Å². The predicted molar refractivity (Wildman–Crippen MR) is 148 cm³/mol. The van der Waals surface area contributed by atoms with E-state index in [2.05, 4.69) is 39.7 Å². The molecule has 192 valence electrons. The lowest BCUT2D eigenvalue weighted by Crippen LogP contribution is -2.48. The number of rotatable bonds is 5. The maximum absolute atomic E-state index is 13.4. The Bertz CT molecular complexity index is 1480. The number of anilines is 1. The fourth-order valence-corrected chi connectivity index (χ4v) is 5.51. The first-order chi connectivity index (χ1) is 18.5. The molecule has 1 unspecified atom stereocenters. The second kappa shape index (κ2) is 10.5. The van der Waals surface area contributed by atoms with Gasteiger partial charge in [0.2, 0.25) is 0 Å². The van der Waals surface area contributed by atoms with Gasteiger partial charge in [-0.3, -0.25) is 9.69 Å². The van der Waals surface area contributed by atoms with E-state index in [9.17, 15) is 10.1 Å². The highest BCUT2D eigenvalue weighted by atomic mass is 16.5. The van der Waals surface area contributed by atoms with E-state index in [1.807, 2.05) is 69.4 Å². The summed E-state index contributed by atoms with van der Waals surface area (Å²) in [6.45, 7) is 10.9. The number of aromatic nitrogens is 1. The molecule has 5 rings (SSSR count). The van der Waals surface area contributed by atoms with Crippen molar-refractivity contribution in [3.63, 3.8) is 0 Å². The van der Waals surface area contributed by atoms with Gasteiger partial charge in [-0.15, -0.1) is 0 Å². The Balaban J connectivity index is 1.46. The number of benzene rings is 2. The third-order valence-electron chi connectivity index (χ3n) is 7.34. The first-order valence-electron chi connectivity index (χ1n) is 12.8. The van der Waals surface area contributed by atoms with E-state index in [0.29, 0.717) is 11.1 Å². The van der Waals surface area contributed by atoms with Crippen LogP contribution in [0, 0.1) is 18.3 Å². The second-order valence-corrected chi connectivity index (χ2v) is 9.59. The summed E-state index contributed by atoms with van der Waals surface area (Å²) in [7, 11) is 1.81. The summed E-state index contributed by atoms with van der Waals surface area (Å²) in [6.07, 6.45) is 5.89. The molecule has 0 radical (unpaired) electrons. The van der Waals surface area contributed by atoms with Crippen LogP contribution in [0.5, 0.6) is 0 Å². The van der Waals surface area contributed by atoms with Crippen molar-refractivity contribution in [1.29, 1.82) is 5.26 Å². The Morgan fingerprint density at radius 3 is 2.55 bits per heavy atom. The Morgan fingerprint density at radius 1 is 1.13 bits per heavy atom. The smallest absolute Gasteiger partial charge is 0.258 e. The Kier molecular flexibility index (Phi) is 6.99. The molecule has 1 atom stereocenters. The Labute approximate surface area is 223 Å². The Hall–Kier alpha value is -4.41. The third kappa shape index (κ3) is 4.44. The monoisotopic (exact) mass is 505 g/mol. The van der Waals surface area contributed by atoms with Crippen LogP contribution >= 0.6 is 0 Å². The number of nitrogens with zero attached hydrogens (tertiary/aromatic N) is 5. The van der Waals surface area contributed by atoms with E-state index < -0.39 is 0 Å². The molecule has 1 fully saturated rings. The number of carbonyl (C=O) groups excluding carboxylic acids is 1. The highest BCUT2D eigenvalue weighted by molar-refractivity contribution is 5.98. The number of amides is 1. The zero-order valence-electron chi connectivity index (χ0n) is 22.0. The van der Waals surface area contributed by atoms with Gasteiger partial charge >= 0.3 is 0 Å². The minimum atomic E-state index is -0.0836. The molecular formula is C31H31N5O2. The van der Waals surface area contributed by atoms with Crippen molar-refractivity contribution in [2.75, 3.05) is 38.1 Å². The summed E-state index contributed by atoms with van der Waals surface area (Å²) in [5.74, 6) is 0.706. The lowest BCUT2D eigenvalue weighted by atomic mass is 9.92. The molecule has 2 aliphatic rings. The lowest BCUT2D eigenvalue weighted by Gasteiger charge is -2.41. The number of carbonyl (C=O) groups is 1. The number of fused-ring (bicyclic) bond motifs is 1. The largest absolute Gasteiger partial charge is 0.368 e. The van der Waals surface area contributed by atoms with E-state index in [-0.39, 0.29) is 11.9 Å². The van der Waals surface area contributed by atoms with Crippen LogP contribution in [0.3, 0.4) is 0 Å². The molecular weight excluding hydrogens is 474 g/mol. The fourth-order valence-electron chi connectivity index (χ4n) is 5.51. The van der Waals surface area contributed by atoms with Crippen LogP contribution in [0.25, 0.3) is 11.3 Å². The van der Waals surface area contributed by atoms with Gasteiger partial charge in [-0.2, -0.15) is 5.26 Å². The van der Waals surface area contributed by atoms with E-state index in [0.717, 1.165) is 65.7 Å². The van der Waals surface area contributed by atoms with Crippen LogP contribution in [0.4, 0.5) is 5.69 Å². The van der Waals surface area contributed by atoms with Crippen molar-refractivity contribution in [3.05, 3.63) is 107 Å². The zero-order valence-corrected chi connectivity index (χ0v) is 22.0. The van der Waals surface area contributed by atoms with Crippen molar-refractivity contribution in [2.45, 2.75) is 19.9 Å². The number of hydrogen-bond acceptors (Lipinski definition) is 6. The van der Waals surface area contributed by atoms with E-state index in [1.54, 1.807) is 11.0 Å². The van der Waals surface area contributed by atoms with Crippen LogP contribution in [0.2, 0.25) is 0 Å². The molecule has 0 bridgehead atoms. The molecule has 0 spiro atoms. The molecule has 7 nitrogen and oxygen atoms in total. The highest BCUT2D eigenvalue weighted by Gasteiger charge is 2.35. The number of aryl methyl sites for hydroxylation is 1. The topological polar surface area (TPSA) is 76.6 Å². The summed E-state index contributed by atoms with van der Waals surface area (Å²) in [5.41, 5.74) is 6.73.